The van der Waals surface area contributed by atoms with Crippen LogP contribution in [0.5, 0.6) is 0 Å². The second-order valence-electron chi connectivity index (χ2n) is 3.90. The largest absolute Gasteiger partial charge is 0.327 e. The van der Waals surface area contributed by atoms with Crippen molar-refractivity contribution in [1.29, 1.82) is 0 Å². The molecule has 1 aromatic heterocycles. The lowest BCUT2D eigenvalue weighted by molar-refractivity contribution is 0.624. The van der Waals surface area contributed by atoms with Crippen molar-refractivity contribution >= 4 is 23.4 Å². The van der Waals surface area contributed by atoms with Gasteiger partial charge in [-0.3, -0.25) is 0 Å². The van der Waals surface area contributed by atoms with Crippen LogP contribution >= 0.6 is 23.4 Å². The molecule has 2 aromatic rings. The van der Waals surface area contributed by atoms with Gasteiger partial charge in [-0.1, -0.05) is 23.7 Å². The minimum absolute atomic E-state index is 0.0181. The van der Waals surface area contributed by atoms with E-state index in [9.17, 15) is 0 Å². The summed E-state index contributed by atoms with van der Waals surface area (Å²) in [5.74, 6) is 1.44. The lowest BCUT2D eigenvalue weighted by atomic mass is 10.2. The molecule has 0 aliphatic rings. The van der Waals surface area contributed by atoms with E-state index in [1.165, 1.54) is 4.80 Å². The van der Waals surface area contributed by atoms with Crippen molar-refractivity contribution in [3.8, 4) is 0 Å². The standard InChI is InChI=1S/C11H14ClN5S/c1-17-15-11(14-16-17)6-8(13)7-18-10-5-3-2-4-9(10)12/h2-5,8H,6-7,13H2,1H3. The highest BCUT2D eigenvalue weighted by Gasteiger charge is 2.10. The molecule has 0 aliphatic carbocycles. The molecule has 0 aliphatic heterocycles. The summed E-state index contributed by atoms with van der Waals surface area (Å²) in [6, 6.07) is 7.72. The van der Waals surface area contributed by atoms with E-state index in [0.29, 0.717) is 12.2 Å². The van der Waals surface area contributed by atoms with Gasteiger partial charge >= 0.3 is 0 Å². The third kappa shape index (κ3) is 3.69. The molecule has 2 rings (SSSR count). The lowest BCUT2D eigenvalue weighted by Gasteiger charge is -2.09. The van der Waals surface area contributed by atoms with Crippen LogP contribution in [0.2, 0.25) is 5.02 Å². The van der Waals surface area contributed by atoms with Crippen LogP contribution in [0.25, 0.3) is 0 Å². The van der Waals surface area contributed by atoms with Crippen LogP contribution < -0.4 is 5.73 Å². The van der Waals surface area contributed by atoms with E-state index in [1.807, 2.05) is 24.3 Å². The molecule has 0 saturated carbocycles. The number of halogens is 1. The van der Waals surface area contributed by atoms with Gasteiger partial charge in [-0.25, -0.2) is 0 Å². The smallest absolute Gasteiger partial charge is 0.176 e. The Morgan fingerprint density at radius 2 is 2.22 bits per heavy atom. The van der Waals surface area contributed by atoms with E-state index in [1.54, 1.807) is 18.8 Å². The molecular weight excluding hydrogens is 270 g/mol. The zero-order chi connectivity index (χ0) is 13.0. The van der Waals surface area contributed by atoms with Crippen molar-refractivity contribution in [2.75, 3.05) is 5.75 Å². The third-order valence-electron chi connectivity index (χ3n) is 2.28. The number of rotatable bonds is 5. The van der Waals surface area contributed by atoms with Crippen LogP contribution in [0.4, 0.5) is 0 Å². The van der Waals surface area contributed by atoms with Gasteiger partial charge in [0.25, 0.3) is 0 Å². The fourth-order valence-corrected chi connectivity index (χ4v) is 2.65. The number of nitrogens with zero attached hydrogens (tertiary/aromatic N) is 4. The monoisotopic (exact) mass is 283 g/mol. The van der Waals surface area contributed by atoms with Gasteiger partial charge < -0.3 is 5.73 Å². The molecule has 2 N–H and O–H groups in total. The van der Waals surface area contributed by atoms with Crippen molar-refractivity contribution in [1.82, 2.24) is 20.2 Å². The van der Waals surface area contributed by atoms with Crippen molar-refractivity contribution in [3.63, 3.8) is 0 Å². The van der Waals surface area contributed by atoms with Crippen LogP contribution in [0, 0.1) is 0 Å². The summed E-state index contributed by atoms with van der Waals surface area (Å²) in [5, 5.41) is 12.5. The summed E-state index contributed by atoms with van der Waals surface area (Å²) >= 11 is 7.71. The van der Waals surface area contributed by atoms with Crippen molar-refractivity contribution in [2.24, 2.45) is 12.8 Å². The Morgan fingerprint density at radius 1 is 1.44 bits per heavy atom. The molecule has 1 heterocycles. The van der Waals surface area contributed by atoms with E-state index < -0.39 is 0 Å². The maximum Gasteiger partial charge on any atom is 0.176 e. The first-order valence-corrected chi connectivity index (χ1v) is 6.87. The van der Waals surface area contributed by atoms with Gasteiger partial charge in [0, 0.05) is 23.1 Å². The van der Waals surface area contributed by atoms with Crippen molar-refractivity contribution in [3.05, 3.63) is 35.1 Å². The fraction of sp³-hybridized carbons (Fsp3) is 0.364. The first kappa shape index (κ1) is 13.3. The number of benzene rings is 1. The summed E-state index contributed by atoms with van der Waals surface area (Å²) in [7, 11) is 1.74. The predicted octanol–water partition coefficient (Wildman–Crippen LogP) is 1.53. The maximum absolute atomic E-state index is 6.07. The molecule has 96 valence electrons. The zero-order valence-corrected chi connectivity index (χ0v) is 11.5. The molecule has 0 radical (unpaired) electrons. The van der Waals surface area contributed by atoms with Crippen molar-refractivity contribution < 1.29 is 0 Å². The topological polar surface area (TPSA) is 69.6 Å². The highest BCUT2D eigenvalue weighted by molar-refractivity contribution is 7.99. The number of tetrazole rings is 1. The van der Waals surface area contributed by atoms with Crippen LogP contribution in [-0.4, -0.2) is 32.0 Å². The Balaban J connectivity index is 1.85. The number of thioether (sulfide) groups is 1. The molecule has 5 nitrogen and oxygen atoms in total. The van der Waals surface area contributed by atoms with Crippen LogP contribution in [0.1, 0.15) is 5.82 Å². The first-order valence-electron chi connectivity index (χ1n) is 5.51. The Morgan fingerprint density at radius 3 is 2.89 bits per heavy atom. The Bertz CT molecular complexity index is 516. The van der Waals surface area contributed by atoms with E-state index >= 15 is 0 Å². The van der Waals surface area contributed by atoms with Gasteiger partial charge in [0.1, 0.15) is 0 Å². The fourth-order valence-electron chi connectivity index (χ4n) is 1.46. The second kappa shape index (κ2) is 6.17. The Labute approximate surface area is 115 Å². The number of nitrogens with two attached hydrogens (primary N) is 1. The Kier molecular flexibility index (Phi) is 4.57. The van der Waals surface area contributed by atoms with Gasteiger partial charge in [-0.15, -0.1) is 22.0 Å². The summed E-state index contributed by atoms with van der Waals surface area (Å²) < 4.78 is 0. The van der Waals surface area contributed by atoms with E-state index in [4.69, 9.17) is 17.3 Å². The molecule has 0 amide bonds. The van der Waals surface area contributed by atoms with Gasteiger partial charge in [0.2, 0.25) is 0 Å². The quantitative estimate of drug-likeness (QED) is 0.843. The molecule has 7 heteroatoms. The minimum Gasteiger partial charge on any atom is -0.327 e. The number of hydrogen-bond donors (Lipinski definition) is 1. The highest BCUT2D eigenvalue weighted by atomic mass is 35.5. The summed E-state index contributed by atoms with van der Waals surface area (Å²) in [6.45, 7) is 0. The molecule has 1 atom stereocenters. The minimum atomic E-state index is -0.0181. The lowest BCUT2D eigenvalue weighted by Crippen LogP contribution is -2.26. The molecule has 0 fully saturated rings. The van der Waals surface area contributed by atoms with E-state index in [-0.39, 0.29) is 6.04 Å². The van der Waals surface area contributed by atoms with Gasteiger partial charge in [0.15, 0.2) is 5.82 Å². The Hall–Kier alpha value is -1.11. The summed E-state index contributed by atoms with van der Waals surface area (Å²) in [5.41, 5.74) is 6.03. The first-order chi connectivity index (χ1) is 8.65. The molecule has 0 saturated heterocycles. The number of hydrogen-bond acceptors (Lipinski definition) is 5. The molecular formula is C11H14ClN5S. The van der Waals surface area contributed by atoms with Crippen LogP contribution in [0.3, 0.4) is 0 Å². The molecule has 0 spiro atoms. The van der Waals surface area contributed by atoms with Crippen LogP contribution in [-0.2, 0) is 13.5 Å². The third-order valence-corrected chi connectivity index (χ3v) is 3.99. The average Bonchev–Trinajstić information content (AvgIpc) is 2.74. The van der Waals surface area contributed by atoms with Gasteiger partial charge in [0.05, 0.1) is 12.1 Å². The molecule has 18 heavy (non-hydrogen) atoms. The summed E-state index contributed by atoms with van der Waals surface area (Å²) in [4.78, 5) is 2.48. The normalized spacial score (nSPS) is 12.6. The van der Waals surface area contributed by atoms with Crippen molar-refractivity contribution in [2.45, 2.75) is 17.4 Å². The summed E-state index contributed by atoms with van der Waals surface area (Å²) in [6.07, 6.45) is 0.616. The average molecular weight is 284 g/mol. The predicted molar refractivity (Wildman–Crippen MR) is 72.7 cm³/mol. The second-order valence-corrected chi connectivity index (χ2v) is 5.37. The molecule has 1 aromatic carbocycles. The number of aryl methyl sites for hydroxylation is 1. The van der Waals surface area contributed by atoms with E-state index in [2.05, 4.69) is 15.4 Å². The number of aromatic nitrogens is 4. The van der Waals surface area contributed by atoms with Crippen LogP contribution in [0.15, 0.2) is 29.2 Å². The SMILES string of the molecule is Cn1nnc(CC(N)CSc2ccccc2Cl)n1. The highest BCUT2D eigenvalue weighted by Crippen LogP contribution is 2.26. The molecule has 0 bridgehead atoms. The zero-order valence-electron chi connectivity index (χ0n) is 9.95. The maximum atomic E-state index is 6.07. The van der Waals surface area contributed by atoms with Gasteiger partial charge in [-0.05, 0) is 17.3 Å². The van der Waals surface area contributed by atoms with Gasteiger partial charge in [-0.2, -0.15) is 4.80 Å². The molecule has 1 unspecified atom stereocenters. The van der Waals surface area contributed by atoms with E-state index in [0.717, 1.165) is 15.7 Å².